The van der Waals surface area contributed by atoms with Gasteiger partial charge in [0, 0.05) is 6.04 Å². The third-order valence-electron chi connectivity index (χ3n) is 2.42. The van der Waals surface area contributed by atoms with Crippen LogP contribution >= 0.6 is 11.8 Å². The summed E-state index contributed by atoms with van der Waals surface area (Å²) in [5.41, 5.74) is 0. The van der Waals surface area contributed by atoms with Crippen LogP contribution in [0.4, 0.5) is 0 Å². The van der Waals surface area contributed by atoms with E-state index in [1.807, 2.05) is 0 Å². The molecule has 2 unspecified atom stereocenters. The molecule has 0 aromatic rings. The summed E-state index contributed by atoms with van der Waals surface area (Å²) in [6.45, 7) is 5.86. The van der Waals surface area contributed by atoms with E-state index in [0.717, 1.165) is 5.92 Å². The Labute approximate surface area is 74.3 Å². The lowest BCUT2D eigenvalue weighted by Gasteiger charge is -2.19. The van der Waals surface area contributed by atoms with Gasteiger partial charge in [0.05, 0.1) is 0 Å². The van der Waals surface area contributed by atoms with E-state index >= 15 is 0 Å². The van der Waals surface area contributed by atoms with E-state index < -0.39 is 0 Å². The Bertz CT molecular complexity index is 93.7. The molecule has 0 spiro atoms. The van der Waals surface area contributed by atoms with Crippen molar-refractivity contribution in [1.29, 1.82) is 0 Å². The molecule has 1 rings (SSSR count). The molecule has 66 valence electrons. The van der Waals surface area contributed by atoms with Crippen LogP contribution in [0.1, 0.15) is 26.7 Å². The Balaban J connectivity index is 2.29. The predicted octanol–water partition coefficient (Wildman–Crippen LogP) is 2.13. The predicted molar refractivity (Wildman–Crippen MR) is 53.2 cm³/mol. The van der Waals surface area contributed by atoms with Crippen molar-refractivity contribution in [3.05, 3.63) is 0 Å². The summed E-state index contributed by atoms with van der Waals surface area (Å²) in [4.78, 5) is 0. The average molecular weight is 173 g/mol. The van der Waals surface area contributed by atoms with Crippen LogP contribution in [0, 0.1) is 5.92 Å². The summed E-state index contributed by atoms with van der Waals surface area (Å²) >= 11 is 2.11. The minimum Gasteiger partial charge on any atom is -0.314 e. The summed E-state index contributed by atoms with van der Waals surface area (Å²) < 4.78 is 0. The summed E-state index contributed by atoms with van der Waals surface area (Å²) in [5, 5.41) is 3.56. The van der Waals surface area contributed by atoms with Gasteiger partial charge in [0.2, 0.25) is 0 Å². The molecule has 0 amide bonds. The number of hydrogen-bond acceptors (Lipinski definition) is 2. The van der Waals surface area contributed by atoms with Crippen molar-refractivity contribution < 1.29 is 0 Å². The van der Waals surface area contributed by atoms with Gasteiger partial charge >= 0.3 is 0 Å². The molecule has 0 radical (unpaired) electrons. The summed E-state index contributed by atoms with van der Waals surface area (Å²) in [5.74, 6) is 3.52. The second-order valence-electron chi connectivity index (χ2n) is 3.50. The van der Waals surface area contributed by atoms with Crippen LogP contribution in [0.3, 0.4) is 0 Å². The normalized spacial score (nSPS) is 35.5. The highest BCUT2D eigenvalue weighted by Gasteiger charge is 2.12. The first-order valence-corrected chi connectivity index (χ1v) is 5.77. The van der Waals surface area contributed by atoms with Crippen LogP contribution in [-0.2, 0) is 0 Å². The van der Waals surface area contributed by atoms with Crippen LogP contribution in [0.15, 0.2) is 0 Å². The molecule has 0 aromatic heterocycles. The quantitative estimate of drug-likeness (QED) is 0.602. The smallest absolute Gasteiger partial charge is 0.00722 e. The van der Waals surface area contributed by atoms with E-state index in [1.165, 1.54) is 30.9 Å². The molecule has 2 heteroatoms. The van der Waals surface area contributed by atoms with Gasteiger partial charge in [-0.05, 0) is 43.7 Å². The second-order valence-corrected chi connectivity index (χ2v) is 4.65. The van der Waals surface area contributed by atoms with Crippen LogP contribution in [0.25, 0.3) is 0 Å². The molecule has 2 atom stereocenters. The Morgan fingerprint density at radius 3 is 2.91 bits per heavy atom. The molecular formula is C9H19NS. The van der Waals surface area contributed by atoms with Gasteiger partial charge < -0.3 is 5.32 Å². The van der Waals surface area contributed by atoms with Gasteiger partial charge in [0.1, 0.15) is 0 Å². The maximum Gasteiger partial charge on any atom is 0.00722 e. The monoisotopic (exact) mass is 173 g/mol. The van der Waals surface area contributed by atoms with E-state index in [0.29, 0.717) is 6.04 Å². The summed E-state index contributed by atoms with van der Waals surface area (Å²) in [6, 6.07) is 0.709. The van der Waals surface area contributed by atoms with Gasteiger partial charge in [-0.15, -0.1) is 0 Å². The topological polar surface area (TPSA) is 12.0 Å². The summed E-state index contributed by atoms with van der Waals surface area (Å²) in [7, 11) is 0. The highest BCUT2D eigenvalue weighted by Crippen LogP contribution is 2.15. The Morgan fingerprint density at radius 2 is 2.09 bits per heavy atom. The van der Waals surface area contributed by atoms with E-state index in [1.54, 1.807) is 0 Å². The zero-order valence-electron chi connectivity index (χ0n) is 7.60. The minimum absolute atomic E-state index is 0.709. The Hall–Kier alpha value is 0.310. The molecule has 1 aliphatic heterocycles. The third kappa shape index (κ3) is 3.48. The van der Waals surface area contributed by atoms with Crippen molar-refractivity contribution in [3.63, 3.8) is 0 Å². The zero-order valence-corrected chi connectivity index (χ0v) is 8.41. The van der Waals surface area contributed by atoms with E-state index in [4.69, 9.17) is 0 Å². The molecule has 1 saturated heterocycles. The highest BCUT2D eigenvalue weighted by molar-refractivity contribution is 7.99. The fraction of sp³-hybridized carbons (Fsp3) is 1.00. The first-order valence-electron chi connectivity index (χ1n) is 4.62. The maximum absolute atomic E-state index is 3.56. The first-order chi connectivity index (χ1) is 5.30. The van der Waals surface area contributed by atoms with Gasteiger partial charge in [0.15, 0.2) is 0 Å². The molecular weight excluding hydrogens is 154 g/mol. The molecule has 1 heterocycles. The zero-order chi connectivity index (χ0) is 8.10. The third-order valence-corrected chi connectivity index (χ3v) is 3.75. The lowest BCUT2D eigenvalue weighted by Crippen LogP contribution is -2.33. The number of thioether (sulfide) groups is 1. The van der Waals surface area contributed by atoms with Crippen LogP contribution in [-0.4, -0.2) is 24.1 Å². The van der Waals surface area contributed by atoms with Crippen molar-refractivity contribution in [2.24, 2.45) is 5.92 Å². The molecule has 1 aliphatic rings. The van der Waals surface area contributed by atoms with Crippen LogP contribution < -0.4 is 5.32 Å². The maximum atomic E-state index is 3.56. The van der Waals surface area contributed by atoms with E-state index in [-0.39, 0.29) is 0 Å². The first kappa shape index (κ1) is 9.40. The van der Waals surface area contributed by atoms with Gasteiger partial charge in [0.25, 0.3) is 0 Å². The SMILES string of the molecule is CC1CSCCCCNC1C. The van der Waals surface area contributed by atoms with Crippen molar-refractivity contribution in [3.8, 4) is 0 Å². The van der Waals surface area contributed by atoms with Crippen molar-refractivity contribution in [1.82, 2.24) is 5.32 Å². The van der Waals surface area contributed by atoms with E-state index in [2.05, 4.69) is 30.9 Å². The Morgan fingerprint density at radius 1 is 1.27 bits per heavy atom. The lowest BCUT2D eigenvalue weighted by atomic mass is 10.1. The molecule has 1 nitrogen and oxygen atoms in total. The number of hydrogen-bond donors (Lipinski definition) is 1. The largest absolute Gasteiger partial charge is 0.314 e. The number of nitrogens with one attached hydrogen (secondary N) is 1. The number of rotatable bonds is 0. The van der Waals surface area contributed by atoms with Gasteiger partial charge in [-0.3, -0.25) is 0 Å². The average Bonchev–Trinajstić information content (AvgIpc) is 2.07. The van der Waals surface area contributed by atoms with Gasteiger partial charge in [-0.2, -0.15) is 11.8 Å². The van der Waals surface area contributed by atoms with E-state index in [9.17, 15) is 0 Å². The fourth-order valence-corrected chi connectivity index (χ4v) is 2.51. The van der Waals surface area contributed by atoms with Crippen molar-refractivity contribution in [2.45, 2.75) is 32.7 Å². The standard InChI is InChI=1S/C9H19NS/c1-8-7-11-6-4-3-5-10-9(8)2/h8-10H,3-7H2,1-2H3. The molecule has 1 fully saturated rings. The molecule has 0 aliphatic carbocycles. The summed E-state index contributed by atoms with van der Waals surface area (Å²) in [6.07, 6.45) is 2.74. The van der Waals surface area contributed by atoms with Gasteiger partial charge in [-0.25, -0.2) is 0 Å². The lowest BCUT2D eigenvalue weighted by molar-refractivity contribution is 0.432. The second kappa shape index (κ2) is 5.04. The molecule has 0 saturated carbocycles. The highest BCUT2D eigenvalue weighted by atomic mass is 32.2. The molecule has 0 aromatic carbocycles. The Kier molecular flexibility index (Phi) is 4.31. The minimum atomic E-state index is 0.709. The van der Waals surface area contributed by atoms with Crippen LogP contribution in [0.5, 0.6) is 0 Å². The van der Waals surface area contributed by atoms with Crippen molar-refractivity contribution >= 4 is 11.8 Å². The molecule has 0 bridgehead atoms. The fourth-order valence-electron chi connectivity index (χ4n) is 1.27. The van der Waals surface area contributed by atoms with Crippen LogP contribution in [0.2, 0.25) is 0 Å². The molecule has 11 heavy (non-hydrogen) atoms. The van der Waals surface area contributed by atoms with Crippen molar-refractivity contribution in [2.75, 3.05) is 18.1 Å². The van der Waals surface area contributed by atoms with Gasteiger partial charge in [-0.1, -0.05) is 6.92 Å². The molecule has 1 N–H and O–H groups in total.